The third-order valence-electron chi connectivity index (χ3n) is 4.04. The van der Waals surface area contributed by atoms with Crippen LogP contribution in [0.4, 0.5) is 0 Å². The Morgan fingerprint density at radius 1 is 1.47 bits per heavy atom. The molecule has 1 aliphatic carbocycles. The summed E-state index contributed by atoms with van der Waals surface area (Å²) >= 11 is 5.88. The minimum Gasteiger partial charge on any atom is -0.376 e. The van der Waals surface area contributed by atoms with Gasteiger partial charge in [0.2, 0.25) is 0 Å². The average Bonchev–Trinajstić information content (AvgIpc) is 2.72. The van der Waals surface area contributed by atoms with Gasteiger partial charge in [-0.1, -0.05) is 0 Å². The molecule has 2 aromatic rings. The largest absolute Gasteiger partial charge is 0.376 e. The number of aromatic nitrogens is 3. The van der Waals surface area contributed by atoms with Crippen LogP contribution in [0, 0.1) is 0 Å². The van der Waals surface area contributed by atoms with Crippen molar-refractivity contribution in [3.8, 4) is 0 Å². The van der Waals surface area contributed by atoms with Gasteiger partial charge in [-0.15, -0.1) is 11.6 Å². The zero-order valence-corrected chi connectivity index (χ0v) is 11.9. The smallest absolute Gasteiger partial charge is 0.160 e. The molecule has 1 saturated carbocycles. The second-order valence-electron chi connectivity index (χ2n) is 5.14. The molecule has 0 bridgehead atoms. The van der Waals surface area contributed by atoms with Crippen LogP contribution in [-0.2, 0) is 17.7 Å². The van der Waals surface area contributed by atoms with Crippen LogP contribution in [-0.4, -0.2) is 33.1 Å². The van der Waals surface area contributed by atoms with Crippen molar-refractivity contribution in [2.24, 2.45) is 0 Å². The van der Waals surface area contributed by atoms with Gasteiger partial charge >= 0.3 is 0 Å². The van der Waals surface area contributed by atoms with Crippen molar-refractivity contribution in [2.45, 2.75) is 37.8 Å². The van der Waals surface area contributed by atoms with Crippen molar-refractivity contribution in [3.63, 3.8) is 0 Å². The molecule has 19 heavy (non-hydrogen) atoms. The molecule has 1 fully saturated rings. The molecule has 1 aliphatic rings. The van der Waals surface area contributed by atoms with Crippen LogP contribution >= 0.6 is 11.6 Å². The normalized spacial score (nSPS) is 17.6. The van der Waals surface area contributed by atoms with E-state index in [-0.39, 0.29) is 5.60 Å². The second-order valence-corrected chi connectivity index (χ2v) is 5.52. The number of hydrogen-bond donors (Lipinski definition) is 0. The van der Waals surface area contributed by atoms with E-state index in [0.717, 1.165) is 42.8 Å². The lowest BCUT2D eigenvalue weighted by Gasteiger charge is -2.41. The third-order valence-corrected chi connectivity index (χ3v) is 4.23. The van der Waals surface area contributed by atoms with E-state index in [4.69, 9.17) is 16.3 Å². The van der Waals surface area contributed by atoms with Crippen LogP contribution in [0.1, 0.15) is 25.1 Å². The summed E-state index contributed by atoms with van der Waals surface area (Å²) < 4.78 is 7.90. The molecule has 0 unspecified atom stereocenters. The van der Waals surface area contributed by atoms with E-state index < -0.39 is 0 Å². The molecule has 0 spiro atoms. The number of imidazole rings is 1. The second kappa shape index (κ2) is 5.10. The Kier molecular flexibility index (Phi) is 3.46. The van der Waals surface area contributed by atoms with Gasteiger partial charge in [0.25, 0.3) is 0 Å². The van der Waals surface area contributed by atoms with Gasteiger partial charge in [0.15, 0.2) is 5.65 Å². The highest BCUT2D eigenvalue weighted by Crippen LogP contribution is 2.37. The van der Waals surface area contributed by atoms with E-state index in [9.17, 15) is 0 Å². The number of methoxy groups -OCH3 is 1. The summed E-state index contributed by atoms with van der Waals surface area (Å²) in [6.07, 6.45) is 6.02. The lowest BCUT2D eigenvalue weighted by molar-refractivity contribution is -0.0833. The molecule has 0 atom stereocenters. The van der Waals surface area contributed by atoms with Crippen LogP contribution in [0.3, 0.4) is 0 Å². The fraction of sp³-hybridized carbons (Fsp3) is 0.571. The highest BCUT2D eigenvalue weighted by molar-refractivity contribution is 6.17. The summed E-state index contributed by atoms with van der Waals surface area (Å²) in [7, 11) is 1.80. The van der Waals surface area contributed by atoms with Crippen LogP contribution < -0.4 is 0 Å². The standard InChI is InChI=1S/C14H18ClN3O/c1-19-14(6-3-7-14)10-18-12(5-8-15)17-11-4-2-9-16-13(11)18/h2,4,9H,3,5-8,10H2,1H3. The van der Waals surface area contributed by atoms with Crippen LogP contribution in [0.5, 0.6) is 0 Å². The maximum Gasteiger partial charge on any atom is 0.160 e. The van der Waals surface area contributed by atoms with Crippen molar-refractivity contribution in [2.75, 3.05) is 13.0 Å². The van der Waals surface area contributed by atoms with Crippen molar-refractivity contribution in [1.29, 1.82) is 0 Å². The zero-order chi connectivity index (χ0) is 13.3. The molecule has 2 aromatic heterocycles. The fourth-order valence-corrected chi connectivity index (χ4v) is 2.90. The summed E-state index contributed by atoms with van der Waals surface area (Å²) in [5.74, 6) is 1.58. The van der Waals surface area contributed by atoms with Crippen molar-refractivity contribution in [1.82, 2.24) is 14.5 Å². The summed E-state index contributed by atoms with van der Waals surface area (Å²) in [6.45, 7) is 0.823. The van der Waals surface area contributed by atoms with E-state index >= 15 is 0 Å². The third kappa shape index (κ3) is 2.23. The Labute approximate surface area is 117 Å². The molecular weight excluding hydrogens is 262 g/mol. The number of rotatable bonds is 5. The Morgan fingerprint density at radius 2 is 2.32 bits per heavy atom. The predicted molar refractivity (Wildman–Crippen MR) is 75.5 cm³/mol. The van der Waals surface area contributed by atoms with Gasteiger partial charge in [-0.2, -0.15) is 0 Å². The molecule has 102 valence electrons. The first-order chi connectivity index (χ1) is 9.28. The highest BCUT2D eigenvalue weighted by atomic mass is 35.5. The number of ether oxygens (including phenoxy) is 1. The van der Waals surface area contributed by atoms with Crippen molar-refractivity contribution < 1.29 is 4.74 Å². The van der Waals surface area contributed by atoms with Gasteiger partial charge in [-0.05, 0) is 31.4 Å². The molecule has 0 radical (unpaired) electrons. The van der Waals surface area contributed by atoms with E-state index in [0.29, 0.717) is 5.88 Å². The van der Waals surface area contributed by atoms with Gasteiger partial charge in [0.1, 0.15) is 11.3 Å². The van der Waals surface area contributed by atoms with Gasteiger partial charge in [0.05, 0.1) is 12.1 Å². The SMILES string of the molecule is COC1(Cn2c(CCCl)nc3cccnc32)CCC1. The Morgan fingerprint density at radius 3 is 2.95 bits per heavy atom. The topological polar surface area (TPSA) is 39.9 Å². The first-order valence-corrected chi connectivity index (χ1v) is 7.23. The molecule has 5 heteroatoms. The lowest BCUT2D eigenvalue weighted by Crippen LogP contribution is -2.43. The zero-order valence-electron chi connectivity index (χ0n) is 11.1. The van der Waals surface area contributed by atoms with E-state index in [1.54, 1.807) is 7.11 Å². The molecule has 0 N–H and O–H groups in total. The lowest BCUT2D eigenvalue weighted by atomic mass is 9.80. The summed E-state index contributed by atoms with van der Waals surface area (Å²) in [6, 6.07) is 3.91. The number of nitrogens with zero attached hydrogens (tertiary/aromatic N) is 3. The molecule has 0 aromatic carbocycles. The van der Waals surface area contributed by atoms with Crippen molar-refractivity contribution >= 4 is 22.8 Å². The van der Waals surface area contributed by atoms with Crippen LogP contribution in [0.2, 0.25) is 0 Å². The molecule has 0 saturated heterocycles. The Balaban J connectivity index is 2.02. The molecular formula is C14H18ClN3O. The van der Waals surface area contributed by atoms with E-state index in [1.807, 2.05) is 18.3 Å². The predicted octanol–water partition coefficient (Wildman–Crippen LogP) is 2.78. The number of alkyl halides is 1. The molecule has 0 aliphatic heterocycles. The first kappa shape index (κ1) is 12.9. The fourth-order valence-electron chi connectivity index (χ4n) is 2.73. The van der Waals surface area contributed by atoms with Gasteiger partial charge in [-0.3, -0.25) is 0 Å². The molecule has 0 amide bonds. The maximum atomic E-state index is 5.88. The minimum atomic E-state index is -0.0355. The summed E-state index contributed by atoms with van der Waals surface area (Å²) in [5.41, 5.74) is 1.84. The van der Waals surface area contributed by atoms with Crippen molar-refractivity contribution in [3.05, 3.63) is 24.2 Å². The maximum absolute atomic E-state index is 5.88. The molecule has 2 heterocycles. The number of pyridine rings is 1. The van der Waals surface area contributed by atoms with E-state index in [1.165, 1.54) is 6.42 Å². The average molecular weight is 280 g/mol. The number of aryl methyl sites for hydroxylation is 1. The van der Waals surface area contributed by atoms with Crippen LogP contribution in [0.25, 0.3) is 11.2 Å². The minimum absolute atomic E-state index is 0.0355. The Bertz CT molecular complexity index is 572. The quantitative estimate of drug-likeness (QED) is 0.790. The molecule has 3 rings (SSSR count). The summed E-state index contributed by atoms with van der Waals surface area (Å²) in [5, 5.41) is 0. The number of hydrogen-bond acceptors (Lipinski definition) is 3. The molecule has 4 nitrogen and oxygen atoms in total. The number of halogens is 1. The first-order valence-electron chi connectivity index (χ1n) is 6.69. The number of fused-ring (bicyclic) bond motifs is 1. The van der Waals surface area contributed by atoms with E-state index in [2.05, 4.69) is 14.5 Å². The van der Waals surface area contributed by atoms with Gasteiger partial charge < -0.3 is 9.30 Å². The van der Waals surface area contributed by atoms with Gasteiger partial charge in [0, 0.05) is 25.6 Å². The summed E-state index contributed by atoms with van der Waals surface area (Å²) in [4.78, 5) is 9.10. The Hall–Kier alpha value is -1.13. The van der Waals surface area contributed by atoms with Crippen LogP contribution in [0.15, 0.2) is 18.3 Å². The van der Waals surface area contributed by atoms with Gasteiger partial charge in [-0.25, -0.2) is 9.97 Å². The monoisotopic (exact) mass is 279 g/mol. The highest BCUT2D eigenvalue weighted by Gasteiger charge is 2.38.